The SMILES string of the molecule is CCC(CO)N(C)C. The first kappa shape index (κ1) is 7.92. The number of aliphatic hydroxyl groups excluding tert-OH is 1. The molecule has 0 bridgehead atoms. The Bertz CT molecular complexity index is 50.5. The molecule has 8 heavy (non-hydrogen) atoms. The van der Waals surface area contributed by atoms with Crippen LogP contribution in [0.15, 0.2) is 0 Å². The third-order valence-corrected chi connectivity index (χ3v) is 1.41. The maximum absolute atomic E-state index is 8.65. The summed E-state index contributed by atoms with van der Waals surface area (Å²) in [5.41, 5.74) is 0. The van der Waals surface area contributed by atoms with Crippen molar-refractivity contribution in [2.45, 2.75) is 19.4 Å². The van der Waals surface area contributed by atoms with Gasteiger partial charge in [-0.1, -0.05) is 6.92 Å². The van der Waals surface area contributed by atoms with Gasteiger partial charge in [-0.05, 0) is 20.5 Å². The summed E-state index contributed by atoms with van der Waals surface area (Å²) >= 11 is 0. The first-order valence-corrected chi connectivity index (χ1v) is 2.99. The standard InChI is InChI=1S/C6H15NO/c1-4-6(5-8)7(2)3/h6,8H,4-5H2,1-3H3. The van der Waals surface area contributed by atoms with E-state index in [1.165, 1.54) is 0 Å². The molecular weight excluding hydrogens is 102 g/mol. The van der Waals surface area contributed by atoms with Crippen LogP contribution >= 0.6 is 0 Å². The van der Waals surface area contributed by atoms with E-state index in [1.54, 1.807) is 0 Å². The number of aliphatic hydroxyl groups is 1. The molecule has 0 aliphatic rings. The second-order valence-corrected chi connectivity index (χ2v) is 2.21. The van der Waals surface area contributed by atoms with Crippen molar-refractivity contribution in [1.82, 2.24) is 4.90 Å². The van der Waals surface area contributed by atoms with Gasteiger partial charge in [-0.15, -0.1) is 0 Å². The van der Waals surface area contributed by atoms with Crippen molar-refractivity contribution in [3.63, 3.8) is 0 Å². The zero-order chi connectivity index (χ0) is 6.57. The molecule has 1 unspecified atom stereocenters. The lowest BCUT2D eigenvalue weighted by atomic mass is 10.2. The van der Waals surface area contributed by atoms with E-state index < -0.39 is 0 Å². The zero-order valence-electron chi connectivity index (χ0n) is 5.89. The molecule has 0 radical (unpaired) electrons. The minimum Gasteiger partial charge on any atom is -0.395 e. The van der Waals surface area contributed by atoms with Crippen molar-refractivity contribution in [2.24, 2.45) is 0 Å². The molecule has 0 aromatic rings. The van der Waals surface area contributed by atoms with E-state index in [2.05, 4.69) is 6.92 Å². The minimum absolute atomic E-state index is 0.267. The lowest BCUT2D eigenvalue weighted by Gasteiger charge is -2.19. The molecule has 0 aliphatic carbocycles. The third kappa shape index (κ3) is 2.28. The van der Waals surface area contributed by atoms with Crippen LogP contribution in [0.3, 0.4) is 0 Å². The van der Waals surface area contributed by atoms with Gasteiger partial charge in [-0.3, -0.25) is 0 Å². The largest absolute Gasteiger partial charge is 0.395 e. The predicted molar refractivity (Wildman–Crippen MR) is 34.9 cm³/mol. The molecule has 0 fully saturated rings. The van der Waals surface area contributed by atoms with E-state index in [0.29, 0.717) is 6.04 Å². The first-order valence-electron chi connectivity index (χ1n) is 2.99. The second kappa shape index (κ2) is 3.87. The van der Waals surface area contributed by atoms with Gasteiger partial charge in [0.25, 0.3) is 0 Å². The molecule has 0 aromatic carbocycles. The van der Waals surface area contributed by atoms with E-state index in [9.17, 15) is 0 Å². The summed E-state index contributed by atoms with van der Waals surface area (Å²) in [6.45, 7) is 2.34. The van der Waals surface area contributed by atoms with Crippen LogP contribution in [0.5, 0.6) is 0 Å². The predicted octanol–water partition coefficient (Wildman–Crippen LogP) is 0.319. The lowest BCUT2D eigenvalue weighted by molar-refractivity contribution is 0.166. The van der Waals surface area contributed by atoms with Gasteiger partial charge >= 0.3 is 0 Å². The number of rotatable bonds is 3. The Kier molecular flexibility index (Phi) is 3.83. The molecule has 0 spiro atoms. The maximum Gasteiger partial charge on any atom is 0.0586 e. The summed E-state index contributed by atoms with van der Waals surface area (Å²) in [5, 5.41) is 8.65. The Hall–Kier alpha value is -0.0800. The van der Waals surface area contributed by atoms with Gasteiger partial charge in [-0.25, -0.2) is 0 Å². The highest BCUT2D eigenvalue weighted by atomic mass is 16.3. The van der Waals surface area contributed by atoms with Gasteiger partial charge in [0.15, 0.2) is 0 Å². The molecule has 0 rings (SSSR count). The Labute approximate surface area is 51.1 Å². The van der Waals surface area contributed by atoms with Gasteiger partial charge in [0.2, 0.25) is 0 Å². The van der Waals surface area contributed by atoms with Crippen molar-refractivity contribution in [3.05, 3.63) is 0 Å². The van der Waals surface area contributed by atoms with Crippen LogP contribution in [0.4, 0.5) is 0 Å². The number of hydrogen-bond acceptors (Lipinski definition) is 2. The van der Waals surface area contributed by atoms with Crippen molar-refractivity contribution in [3.8, 4) is 0 Å². The molecule has 2 nitrogen and oxygen atoms in total. The van der Waals surface area contributed by atoms with Crippen molar-refractivity contribution in [1.29, 1.82) is 0 Å². The van der Waals surface area contributed by atoms with E-state index in [-0.39, 0.29) is 6.61 Å². The molecule has 2 heteroatoms. The van der Waals surface area contributed by atoms with Gasteiger partial charge in [-0.2, -0.15) is 0 Å². The zero-order valence-corrected chi connectivity index (χ0v) is 5.89. The van der Waals surface area contributed by atoms with Crippen LogP contribution in [-0.2, 0) is 0 Å². The smallest absolute Gasteiger partial charge is 0.0586 e. The number of hydrogen-bond donors (Lipinski definition) is 1. The average Bonchev–Trinajstić information content (AvgIpc) is 1.69. The molecule has 0 saturated carbocycles. The lowest BCUT2D eigenvalue weighted by Crippen LogP contribution is -2.30. The fourth-order valence-electron chi connectivity index (χ4n) is 0.658. The maximum atomic E-state index is 8.65. The Morgan fingerprint density at radius 2 is 2.00 bits per heavy atom. The Balaban J connectivity index is 3.35. The Morgan fingerprint density at radius 3 is 2.00 bits per heavy atom. The van der Waals surface area contributed by atoms with E-state index in [0.717, 1.165) is 6.42 Å². The molecule has 1 N–H and O–H groups in total. The first-order chi connectivity index (χ1) is 3.72. The summed E-state index contributed by atoms with van der Waals surface area (Å²) in [5.74, 6) is 0. The van der Waals surface area contributed by atoms with Gasteiger partial charge in [0, 0.05) is 6.04 Å². The summed E-state index contributed by atoms with van der Waals surface area (Å²) in [6, 6.07) is 0.343. The van der Waals surface area contributed by atoms with Crippen LogP contribution in [0, 0.1) is 0 Å². The molecule has 0 aliphatic heterocycles. The van der Waals surface area contributed by atoms with Crippen LogP contribution in [0.2, 0.25) is 0 Å². The quantitative estimate of drug-likeness (QED) is 0.575. The molecule has 1 atom stereocenters. The molecule has 0 amide bonds. The fourth-order valence-corrected chi connectivity index (χ4v) is 0.658. The summed E-state index contributed by atoms with van der Waals surface area (Å²) in [7, 11) is 3.95. The number of nitrogens with zero attached hydrogens (tertiary/aromatic N) is 1. The highest BCUT2D eigenvalue weighted by molar-refractivity contribution is 4.59. The summed E-state index contributed by atoms with van der Waals surface area (Å²) in [6.07, 6.45) is 1.02. The molecule has 50 valence electrons. The highest BCUT2D eigenvalue weighted by Gasteiger charge is 2.04. The highest BCUT2D eigenvalue weighted by Crippen LogP contribution is 1.95. The van der Waals surface area contributed by atoms with Gasteiger partial charge < -0.3 is 10.0 Å². The third-order valence-electron chi connectivity index (χ3n) is 1.41. The minimum atomic E-state index is 0.267. The molecule has 0 heterocycles. The van der Waals surface area contributed by atoms with Crippen molar-refractivity contribution in [2.75, 3.05) is 20.7 Å². The van der Waals surface area contributed by atoms with Gasteiger partial charge in [0.05, 0.1) is 6.61 Å². The van der Waals surface area contributed by atoms with Crippen molar-refractivity contribution < 1.29 is 5.11 Å². The average molecular weight is 117 g/mol. The van der Waals surface area contributed by atoms with Gasteiger partial charge in [0.1, 0.15) is 0 Å². The van der Waals surface area contributed by atoms with Crippen LogP contribution in [0.1, 0.15) is 13.3 Å². The number of likely N-dealkylation sites (N-methyl/N-ethyl adjacent to an activating group) is 1. The molecule has 0 aromatic heterocycles. The second-order valence-electron chi connectivity index (χ2n) is 2.21. The van der Waals surface area contributed by atoms with Crippen LogP contribution in [-0.4, -0.2) is 36.8 Å². The van der Waals surface area contributed by atoms with E-state index >= 15 is 0 Å². The van der Waals surface area contributed by atoms with E-state index in [1.807, 2.05) is 19.0 Å². The summed E-state index contributed by atoms with van der Waals surface area (Å²) in [4.78, 5) is 2.03. The van der Waals surface area contributed by atoms with Crippen LogP contribution in [0.25, 0.3) is 0 Å². The summed E-state index contributed by atoms with van der Waals surface area (Å²) < 4.78 is 0. The monoisotopic (exact) mass is 117 g/mol. The topological polar surface area (TPSA) is 23.5 Å². The normalized spacial score (nSPS) is 14.6. The molecule has 0 saturated heterocycles. The Morgan fingerprint density at radius 1 is 1.50 bits per heavy atom. The fraction of sp³-hybridized carbons (Fsp3) is 1.00. The molecular formula is C6H15NO. The van der Waals surface area contributed by atoms with Crippen molar-refractivity contribution >= 4 is 0 Å². The van der Waals surface area contributed by atoms with Crippen LogP contribution < -0.4 is 0 Å². The van der Waals surface area contributed by atoms with E-state index in [4.69, 9.17) is 5.11 Å².